The van der Waals surface area contributed by atoms with Gasteiger partial charge in [-0.15, -0.1) is 0 Å². The molecule has 6 nitrogen and oxygen atoms in total. The van der Waals surface area contributed by atoms with Gasteiger partial charge in [0.05, 0.1) is 6.54 Å². The molecule has 0 spiro atoms. The van der Waals surface area contributed by atoms with Crippen LogP contribution in [0, 0.1) is 0 Å². The van der Waals surface area contributed by atoms with Gasteiger partial charge in [0.1, 0.15) is 0 Å². The Hall–Kier alpha value is -1.43. The smallest absolute Gasteiger partial charge is 0.325 e. The average molecular weight is 252 g/mol. The van der Waals surface area contributed by atoms with E-state index in [0.717, 1.165) is 18.5 Å². The molecule has 0 saturated heterocycles. The minimum atomic E-state index is -0.297. The summed E-state index contributed by atoms with van der Waals surface area (Å²) in [7, 11) is 0. The summed E-state index contributed by atoms with van der Waals surface area (Å²) in [5, 5.41) is 15.0. The van der Waals surface area contributed by atoms with Crippen molar-refractivity contribution in [3.63, 3.8) is 0 Å². The minimum Gasteiger partial charge on any atom is -0.862 e. The van der Waals surface area contributed by atoms with E-state index in [1.165, 1.54) is 32.6 Å². The zero-order valence-electron chi connectivity index (χ0n) is 10.8. The van der Waals surface area contributed by atoms with Gasteiger partial charge in [0.25, 0.3) is 5.69 Å². The molecular weight excluding hydrogens is 232 g/mol. The van der Waals surface area contributed by atoms with Crippen molar-refractivity contribution >= 4 is 11.8 Å². The Morgan fingerprint density at radius 1 is 1.44 bits per heavy atom. The van der Waals surface area contributed by atoms with Crippen molar-refractivity contribution in [1.82, 2.24) is 5.27 Å². The molecule has 0 amide bonds. The van der Waals surface area contributed by atoms with Gasteiger partial charge in [0, 0.05) is 12.8 Å². The summed E-state index contributed by atoms with van der Waals surface area (Å²) in [4.78, 5) is 3.80. The summed E-state index contributed by atoms with van der Waals surface area (Å²) in [6.45, 7) is 1.67. The van der Waals surface area contributed by atoms with Gasteiger partial charge < -0.3 is 10.8 Å². The zero-order valence-corrected chi connectivity index (χ0v) is 10.8. The predicted octanol–water partition coefficient (Wildman–Crippen LogP) is 0.726. The van der Waals surface area contributed by atoms with Crippen LogP contribution in [0.2, 0.25) is 0 Å². The molecule has 0 unspecified atom stereocenters. The summed E-state index contributed by atoms with van der Waals surface area (Å²) in [5.41, 5.74) is 6.44. The molecule has 2 rings (SSSR count). The summed E-state index contributed by atoms with van der Waals surface area (Å²) >= 11 is 0. The van der Waals surface area contributed by atoms with E-state index in [4.69, 9.17) is 10.3 Å². The standard InChI is InChI=1S/C12H20N4O2/c1-9(17)14-12-11(8-13)16(15-18-12)10-6-4-2-3-5-7-10/h10H,2-8,13H2,1H3. The molecule has 0 aliphatic heterocycles. The van der Waals surface area contributed by atoms with Crippen molar-refractivity contribution in [2.24, 2.45) is 10.7 Å². The molecule has 2 N–H and O–H groups in total. The first-order valence-corrected chi connectivity index (χ1v) is 6.55. The van der Waals surface area contributed by atoms with E-state index in [-0.39, 0.29) is 18.3 Å². The van der Waals surface area contributed by atoms with Gasteiger partial charge in [-0.1, -0.05) is 12.8 Å². The molecule has 0 atom stereocenters. The molecule has 6 heteroatoms. The number of nitrogens with two attached hydrogens (primary N) is 1. The van der Waals surface area contributed by atoms with Crippen LogP contribution < -0.4 is 15.5 Å². The third kappa shape index (κ3) is 2.87. The molecule has 1 fully saturated rings. The second-order valence-corrected chi connectivity index (χ2v) is 4.75. The van der Waals surface area contributed by atoms with Crippen LogP contribution in [0.25, 0.3) is 0 Å². The molecule has 0 bridgehead atoms. The van der Waals surface area contributed by atoms with Crippen LogP contribution in [0.15, 0.2) is 9.52 Å². The Morgan fingerprint density at radius 3 is 2.67 bits per heavy atom. The van der Waals surface area contributed by atoms with Crippen LogP contribution in [0.5, 0.6) is 0 Å². The highest BCUT2D eigenvalue weighted by molar-refractivity contribution is 5.71. The molecule has 1 aliphatic carbocycles. The van der Waals surface area contributed by atoms with E-state index >= 15 is 0 Å². The Balaban J connectivity index is 2.26. The van der Waals surface area contributed by atoms with E-state index < -0.39 is 0 Å². The minimum absolute atomic E-state index is 0.259. The molecule has 1 aromatic rings. The molecule has 0 aromatic carbocycles. The maximum Gasteiger partial charge on any atom is 0.325 e. The lowest BCUT2D eigenvalue weighted by molar-refractivity contribution is -0.791. The number of hydrogen-bond acceptors (Lipinski definition) is 5. The predicted molar refractivity (Wildman–Crippen MR) is 64.1 cm³/mol. The van der Waals surface area contributed by atoms with Gasteiger partial charge in [0.15, 0.2) is 6.04 Å². The average Bonchev–Trinajstić information content (AvgIpc) is 2.57. The number of aromatic nitrogens is 2. The van der Waals surface area contributed by atoms with Gasteiger partial charge >= 0.3 is 5.88 Å². The molecule has 1 aliphatic rings. The monoisotopic (exact) mass is 252 g/mol. The first-order valence-electron chi connectivity index (χ1n) is 6.55. The Bertz CT molecular complexity index is 416. The van der Waals surface area contributed by atoms with Crippen molar-refractivity contribution < 1.29 is 14.3 Å². The van der Waals surface area contributed by atoms with Crippen molar-refractivity contribution in [3.8, 4) is 0 Å². The molecule has 1 heterocycles. The third-order valence-electron chi connectivity index (χ3n) is 3.36. The summed E-state index contributed by atoms with van der Waals surface area (Å²) < 4.78 is 6.96. The maximum absolute atomic E-state index is 11.0. The number of hydrogen-bond donors (Lipinski definition) is 1. The summed E-state index contributed by atoms with van der Waals surface area (Å²) in [6, 6.07) is 0.325. The fourth-order valence-corrected chi connectivity index (χ4v) is 2.48. The summed E-state index contributed by atoms with van der Waals surface area (Å²) in [6.07, 6.45) is 7.13. The fourth-order valence-electron chi connectivity index (χ4n) is 2.48. The van der Waals surface area contributed by atoms with Crippen LogP contribution in [0.3, 0.4) is 0 Å². The lowest BCUT2D eigenvalue weighted by Gasteiger charge is -2.04. The first kappa shape index (κ1) is 13.0. The zero-order chi connectivity index (χ0) is 13.0. The molecule has 0 radical (unpaired) electrons. The quantitative estimate of drug-likeness (QED) is 0.371. The van der Waals surface area contributed by atoms with E-state index in [1.807, 2.05) is 4.68 Å². The molecule has 100 valence electrons. The SMILES string of the molecule is C/C([O-])=N/c1on[n+](C2CCCCCC2)c1CN. The highest BCUT2D eigenvalue weighted by atomic mass is 16.5. The normalized spacial score (nSPS) is 18.9. The first-order chi connectivity index (χ1) is 8.72. The topological polar surface area (TPSA) is 91.3 Å². The Labute approximate surface area is 106 Å². The molecule has 18 heavy (non-hydrogen) atoms. The van der Waals surface area contributed by atoms with Gasteiger partial charge in [-0.2, -0.15) is 0 Å². The number of aliphatic imine (C=N–C) groups is 1. The van der Waals surface area contributed by atoms with Crippen molar-refractivity contribution in [2.45, 2.75) is 58.0 Å². The van der Waals surface area contributed by atoms with Gasteiger partial charge in [-0.3, -0.25) is 4.52 Å². The third-order valence-corrected chi connectivity index (χ3v) is 3.36. The Morgan fingerprint density at radius 2 is 2.11 bits per heavy atom. The van der Waals surface area contributed by atoms with Crippen LogP contribution in [0.1, 0.15) is 57.2 Å². The van der Waals surface area contributed by atoms with Gasteiger partial charge in [0.2, 0.25) is 5.27 Å². The van der Waals surface area contributed by atoms with E-state index in [2.05, 4.69) is 10.3 Å². The highest BCUT2D eigenvalue weighted by Gasteiger charge is 2.31. The van der Waals surface area contributed by atoms with Crippen molar-refractivity contribution in [1.29, 1.82) is 0 Å². The molecular formula is C12H20N4O2. The fraction of sp³-hybridized carbons (Fsp3) is 0.750. The second kappa shape index (κ2) is 5.95. The van der Waals surface area contributed by atoms with Crippen LogP contribution in [0.4, 0.5) is 5.88 Å². The second-order valence-electron chi connectivity index (χ2n) is 4.75. The molecule has 1 saturated carbocycles. The number of nitrogens with zero attached hydrogens (tertiary/aromatic N) is 3. The van der Waals surface area contributed by atoms with Crippen LogP contribution in [-0.2, 0) is 6.54 Å². The van der Waals surface area contributed by atoms with Crippen molar-refractivity contribution in [2.75, 3.05) is 0 Å². The van der Waals surface area contributed by atoms with Crippen LogP contribution in [-0.4, -0.2) is 11.2 Å². The van der Waals surface area contributed by atoms with Gasteiger partial charge in [-0.05, 0) is 30.3 Å². The number of rotatable bonds is 3. The van der Waals surface area contributed by atoms with Gasteiger partial charge in [-0.25, -0.2) is 4.99 Å². The lowest BCUT2D eigenvalue weighted by atomic mass is 10.1. The van der Waals surface area contributed by atoms with Crippen molar-refractivity contribution in [3.05, 3.63) is 5.69 Å². The maximum atomic E-state index is 11.0. The van der Waals surface area contributed by atoms with Crippen LogP contribution >= 0.6 is 0 Å². The largest absolute Gasteiger partial charge is 0.862 e. The van der Waals surface area contributed by atoms with E-state index in [9.17, 15) is 5.11 Å². The van der Waals surface area contributed by atoms with E-state index in [0.29, 0.717) is 6.04 Å². The summed E-state index contributed by atoms with van der Waals surface area (Å²) in [5.74, 6) is -0.0388. The van der Waals surface area contributed by atoms with E-state index in [1.54, 1.807) is 0 Å². The molecule has 1 aromatic heterocycles. The highest BCUT2D eigenvalue weighted by Crippen LogP contribution is 2.25. The lowest BCUT2D eigenvalue weighted by Crippen LogP contribution is -2.45. The Kier molecular flexibility index (Phi) is 4.30.